The average molecular weight is 468 g/mol. The molecule has 0 unspecified atom stereocenters. The first-order valence-corrected chi connectivity index (χ1v) is 10.8. The van der Waals surface area contributed by atoms with Crippen molar-refractivity contribution in [3.05, 3.63) is 65.9 Å². The van der Waals surface area contributed by atoms with E-state index in [0.717, 1.165) is 11.3 Å². The summed E-state index contributed by atoms with van der Waals surface area (Å²) in [5.41, 5.74) is 7.82. The highest BCUT2D eigenvalue weighted by molar-refractivity contribution is 5.93. The van der Waals surface area contributed by atoms with Crippen LogP contribution in [0.2, 0.25) is 0 Å². The Morgan fingerprint density at radius 3 is 2.62 bits per heavy atom. The highest BCUT2D eigenvalue weighted by atomic mass is 19.1. The number of benzene rings is 1. The maximum absolute atomic E-state index is 13.3. The third kappa shape index (κ3) is 4.86. The van der Waals surface area contributed by atoms with Gasteiger partial charge in [0.15, 0.2) is 11.5 Å². The first-order valence-electron chi connectivity index (χ1n) is 10.8. The normalized spacial score (nSPS) is 15.8. The number of aliphatic hydroxyl groups excluding tert-OH is 1. The first kappa shape index (κ1) is 23.2. The third-order valence-electron chi connectivity index (χ3n) is 5.71. The number of aryl methyl sites for hydroxylation is 1. The number of halogens is 1. The van der Waals surface area contributed by atoms with Crippen LogP contribution in [0, 0.1) is 12.7 Å². The maximum atomic E-state index is 13.3. The monoisotopic (exact) mass is 467 g/mol. The lowest BCUT2D eigenvalue weighted by Crippen LogP contribution is -2.57. The van der Waals surface area contributed by atoms with Crippen LogP contribution in [-0.4, -0.2) is 65.3 Å². The summed E-state index contributed by atoms with van der Waals surface area (Å²) in [5.74, 6) is 0.758. The number of ether oxygens (including phenoxy) is 2. The Labute approximate surface area is 196 Å². The second kappa shape index (κ2) is 9.92. The number of hydrogen-bond acceptors (Lipinski definition) is 8. The number of amides is 1. The van der Waals surface area contributed by atoms with Gasteiger partial charge >= 0.3 is 0 Å². The molecule has 0 spiro atoms. The minimum absolute atomic E-state index is 0.167. The van der Waals surface area contributed by atoms with Crippen molar-refractivity contribution in [2.45, 2.75) is 13.0 Å². The molecule has 34 heavy (non-hydrogen) atoms. The summed E-state index contributed by atoms with van der Waals surface area (Å²) < 4.78 is 24.2. The number of nitrogens with two attached hydrogens (primary N) is 1. The second-order valence-corrected chi connectivity index (χ2v) is 7.95. The zero-order chi connectivity index (χ0) is 24.2. The molecule has 0 bridgehead atoms. The number of aromatic nitrogens is 2. The molecular weight excluding hydrogens is 441 g/mol. The maximum Gasteiger partial charge on any atom is 0.273 e. The van der Waals surface area contributed by atoms with E-state index in [1.807, 2.05) is 6.92 Å². The highest BCUT2D eigenvalue weighted by Gasteiger charge is 2.32. The van der Waals surface area contributed by atoms with E-state index in [-0.39, 0.29) is 24.0 Å². The Kier molecular flexibility index (Phi) is 6.78. The van der Waals surface area contributed by atoms with E-state index in [0.29, 0.717) is 42.7 Å². The van der Waals surface area contributed by atoms with Gasteiger partial charge in [0, 0.05) is 25.7 Å². The molecule has 1 aliphatic rings. The number of carbonyl (C=O) groups is 1. The zero-order valence-corrected chi connectivity index (χ0v) is 18.9. The molecule has 1 aromatic carbocycles. The van der Waals surface area contributed by atoms with Gasteiger partial charge in [-0.15, -0.1) is 0 Å². The van der Waals surface area contributed by atoms with Gasteiger partial charge in [0.2, 0.25) is 0 Å². The molecule has 0 radical (unpaired) electrons. The molecule has 2 aromatic heterocycles. The molecule has 4 rings (SSSR count). The lowest BCUT2D eigenvalue weighted by molar-refractivity contribution is 0.0559. The SMILES string of the molecule is COc1cc(C(=O)N2CCN(c3cnc(N)cc3C)C[C@@H]2CO)ncc1Oc1ccc(F)cc1. The Hall–Kier alpha value is -3.92. The van der Waals surface area contributed by atoms with Gasteiger partial charge < -0.3 is 30.1 Å². The molecule has 178 valence electrons. The van der Waals surface area contributed by atoms with Crippen molar-refractivity contribution < 1.29 is 23.8 Å². The molecule has 1 amide bonds. The fraction of sp³-hybridized carbons (Fsp3) is 0.292. The quantitative estimate of drug-likeness (QED) is 0.569. The van der Waals surface area contributed by atoms with Crippen LogP contribution in [0.15, 0.2) is 48.8 Å². The Morgan fingerprint density at radius 2 is 1.94 bits per heavy atom. The fourth-order valence-electron chi connectivity index (χ4n) is 3.95. The van der Waals surface area contributed by atoms with Crippen LogP contribution in [0.1, 0.15) is 16.1 Å². The second-order valence-electron chi connectivity index (χ2n) is 7.95. The third-order valence-corrected chi connectivity index (χ3v) is 5.71. The topological polar surface area (TPSA) is 114 Å². The van der Waals surface area contributed by atoms with Crippen LogP contribution in [0.5, 0.6) is 17.2 Å². The Bertz CT molecular complexity index is 1170. The molecule has 3 N–H and O–H groups in total. The predicted octanol–water partition coefficient (Wildman–Crippen LogP) is 2.63. The summed E-state index contributed by atoms with van der Waals surface area (Å²) in [4.78, 5) is 25.4. The minimum Gasteiger partial charge on any atom is -0.493 e. The number of piperazine rings is 1. The van der Waals surface area contributed by atoms with E-state index in [4.69, 9.17) is 15.2 Å². The summed E-state index contributed by atoms with van der Waals surface area (Å²) in [5, 5.41) is 10.0. The van der Waals surface area contributed by atoms with Gasteiger partial charge in [-0.1, -0.05) is 0 Å². The number of hydrogen-bond donors (Lipinski definition) is 2. The van der Waals surface area contributed by atoms with Crippen LogP contribution in [0.4, 0.5) is 15.9 Å². The molecule has 3 aromatic rings. The van der Waals surface area contributed by atoms with E-state index in [1.54, 1.807) is 17.2 Å². The Balaban J connectivity index is 1.51. The molecule has 1 saturated heterocycles. The van der Waals surface area contributed by atoms with Crippen LogP contribution < -0.4 is 20.1 Å². The predicted molar refractivity (Wildman–Crippen MR) is 125 cm³/mol. The van der Waals surface area contributed by atoms with E-state index in [1.165, 1.54) is 43.6 Å². The molecule has 0 aliphatic carbocycles. The van der Waals surface area contributed by atoms with Gasteiger partial charge in [-0.2, -0.15) is 0 Å². The van der Waals surface area contributed by atoms with Crippen LogP contribution in [-0.2, 0) is 0 Å². The Morgan fingerprint density at radius 1 is 1.18 bits per heavy atom. The van der Waals surface area contributed by atoms with Gasteiger partial charge in [0.1, 0.15) is 23.1 Å². The summed E-state index contributed by atoms with van der Waals surface area (Å²) in [6, 6.07) is 8.39. The van der Waals surface area contributed by atoms with Crippen LogP contribution >= 0.6 is 0 Å². The number of pyridine rings is 2. The molecule has 10 heteroatoms. The molecule has 1 fully saturated rings. The summed E-state index contributed by atoms with van der Waals surface area (Å²) in [7, 11) is 1.46. The first-order chi connectivity index (χ1) is 16.4. The van der Waals surface area contributed by atoms with Crippen molar-refractivity contribution in [1.29, 1.82) is 0 Å². The minimum atomic E-state index is -0.430. The van der Waals surface area contributed by atoms with E-state index < -0.39 is 6.04 Å². The largest absolute Gasteiger partial charge is 0.493 e. The van der Waals surface area contributed by atoms with Gasteiger partial charge in [0.05, 0.1) is 37.8 Å². The van der Waals surface area contributed by atoms with E-state index in [2.05, 4.69) is 14.9 Å². The van der Waals surface area contributed by atoms with Crippen LogP contribution in [0.25, 0.3) is 0 Å². The van der Waals surface area contributed by atoms with Crippen molar-refractivity contribution in [2.24, 2.45) is 0 Å². The van der Waals surface area contributed by atoms with Crippen molar-refractivity contribution >= 4 is 17.4 Å². The zero-order valence-electron chi connectivity index (χ0n) is 18.9. The summed E-state index contributed by atoms with van der Waals surface area (Å²) >= 11 is 0. The van der Waals surface area contributed by atoms with Crippen LogP contribution in [0.3, 0.4) is 0 Å². The molecule has 3 heterocycles. The number of anilines is 2. The number of carbonyl (C=O) groups excluding carboxylic acids is 1. The lowest BCUT2D eigenvalue weighted by atomic mass is 10.1. The van der Waals surface area contributed by atoms with Crippen molar-refractivity contribution in [2.75, 3.05) is 44.0 Å². The van der Waals surface area contributed by atoms with Crippen molar-refractivity contribution in [3.8, 4) is 17.2 Å². The van der Waals surface area contributed by atoms with Gasteiger partial charge in [0.25, 0.3) is 5.91 Å². The number of nitrogen functional groups attached to an aromatic ring is 1. The molecule has 1 aliphatic heterocycles. The smallest absolute Gasteiger partial charge is 0.273 e. The number of methoxy groups -OCH3 is 1. The molecular formula is C24H26FN5O4. The average Bonchev–Trinajstić information content (AvgIpc) is 2.85. The van der Waals surface area contributed by atoms with Gasteiger partial charge in [-0.3, -0.25) is 4.79 Å². The lowest BCUT2D eigenvalue weighted by Gasteiger charge is -2.42. The number of nitrogens with zero attached hydrogens (tertiary/aromatic N) is 4. The number of aliphatic hydroxyl groups is 1. The number of rotatable bonds is 6. The van der Waals surface area contributed by atoms with E-state index in [9.17, 15) is 14.3 Å². The molecule has 9 nitrogen and oxygen atoms in total. The molecule has 1 atom stereocenters. The van der Waals surface area contributed by atoms with Gasteiger partial charge in [-0.25, -0.2) is 14.4 Å². The standard InChI is InChI=1S/C24H26FN5O4/c1-15-9-23(26)28-11-20(15)29-7-8-30(17(13-29)14-31)24(32)19-10-21(33-2)22(12-27-19)34-18-5-3-16(25)4-6-18/h3-6,9-12,17,31H,7-8,13-14H2,1-2H3,(H2,26,28)/t17-/m1/s1. The summed E-state index contributed by atoms with van der Waals surface area (Å²) in [6.45, 7) is 3.15. The van der Waals surface area contributed by atoms with E-state index >= 15 is 0 Å². The highest BCUT2D eigenvalue weighted by Crippen LogP contribution is 2.32. The summed E-state index contributed by atoms with van der Waals surface area (Å²) in [6.07, 6.45) is 3.10. The van der Waals surface area contributed by atoms with Gasteiger partial charge in [-0.05, 0) is 42.8 Å². The molecule has 0 saturated carbocycles. The van der Waals surface area contributed by atoms with Crippen molar-refractivity contribution in [3.63, 3.8) is 0 Å². The fourth-order valence-corrected chi connectivity index (χ4v) is 3.95. The van der Waals surface area contributed by atoms with Crippen molar-refractivity contribution in [1.82, 2.24) is 14.9 Å².